The van der Waals surface area contributed by atoms with Gasteiger partial charge in [-0.3, -0.25) is 4.79 Å². The molecule has 0 atom stereocenters. The fourth-order valence-electron chi connectivity index (χ4n) is 0.715. The summed E-state index contributed by atoms with van der Waals surface area (Å²) in [4.78, 5) is 10.2. The zero-order valence-corrected chi connectivity index (χ0v) is 8.00. The molecule has 0 spiro atoms. The van der Waals surface area contributed by atoms with Crippen LogP contribution in [0.4, 0.5) is 0 Å². The molecule has 0 saturated heterocycles. The van der Waals surface area contributed by atoms with Gasteiger partial charge in [0.15, 0.2) is 0 Å². The third kappa shape index (κ3) is 3.45. The van der Waals surface area contributed by atoms with Crippen LogP contribution in [0.25, 0.3) is 0 Å². The minimum atomic E-state index is -0.833. The van der Waals surface area contributed by atoms with Gasteiger partial charge < -0.3 is 9.52 Å². The fourth-order valence-corrected chi connectivity index (χ4v) is 1.28. The zero-order valence-electron chi connectivity index (χ0n) is 7.19. The van der Waals surface area contributed by atoms with E-state index < -0.39 is 5.97 Å². The summed E-state index contributed by atoms with van der Waals surface area (Å²) in [7, 11) is 0. The van der Waals surface area contributed by atoms with Crippen molar-refractivity contribution in [3.05, 3.63) is 11.8 Å². The largest absolute Gasteiger partial charge is 0.481 e. The summed E-state index contributed by atoms with van der Waals surface area (Å²) >= 11 is 1.24. The van der Waals surface area contributed by atoms with Crippen LogP contribution in [-0.2, 0) is 17.0 Å². The summed E-state index contributed by atoms with van der Waals surface area (Å²) in [5, 5.41) is 15.9. The maximum absolute atomic E-state index is 10.2. The van der Waals surface area contributed by atoms with Crippen LogP contribution >= 0.6 is 11.8 Å². The van der Waals surface area contributed by atoms with E-state index in [0.29, 0.717) is 24.0 Å². The molecule has 0 unspecified atom stereocenters. The Labute approximate surface area is 79.5 Å². The van der Waals surface area contributed by atoms with E-state index in [1.807, 2.05) is 6.92 Å². The number of hydrogen-bond donors (Lipinski definition) is 1. The molecule has 1 rings (SSSR count). The molecule has 0 amide bonds. The summed E-state index contributed by atoms with van der Waals surface area (Å²) in [5.74, 6) is 0.762. The number of rotatable bonds is 5. The molecule has 1 N–H and O–H groups in total. The van der Waals surface area contributed by atoms with Gasteiger partial charge in [0.25, 0.3) is 0 Å². The van der Waals surface area contributed by atoms with Gasteiger partial charge in [-0.05, 0) is 0 Å². The molecule has 0 aliphatic heterocycles. The highest BCUT2D eigenvalue weighted by molar-refractivity contribution is 7.99. The topological polar surface area (TPSA) is 76.2 Å². The Balaban J connectivity index is 2.32. The van der Waals surface area contributed by atoms with Crippen LogP contribution in [0.2, 0.25) is 0 Å². The predicted octanol–water partition coefficient (Wildman–Crippen LogP) is 0.950. The molecule has 0 radical (unpaired) electrons. The molecule has 1 aromatic rings. The van der Waals surface area contributed by atoms with Crippen molar-refractivity contribution in [1.29, 1.82) is 0 Å². The molecule has 72 valence electrons. The van der Waals surface area contributed by atoms with Crippen LogP contribution in [0, 0.1) is 0 Å². The van der Waals surface area contributed by atoms with E-state index >= 15 is 0 Å². The van der Waals surface area contributed by atoms with Gasteiger partial charge in [-0.25, -0.2) is 0 Å². The Morgan fingerprint density at radius 1 is 1.54 bits per heavy atom. The summed E-state index contributed by atoms with van der Waals surface area (Å²) in [6, 6.07) is 0. The predicted molar refractivity (Wildman–Crippen MR) is 47.5 cm³/mol. The fraction of sp³-hybridized carbons (Fsp3) is 0.571. The van der Waals surface area contributed by atoms with Crippen LogP contribution in [-0.4, -0.2) is 27.0 Å². The first-order chi connectivity index (χ1) is 6.22. The standard InChI is InChI=1S/C7H10N2O3S/c1-2-5-8-9-6(12-5)3-13-4-7(10)11/h2-4H2,1H3,(H,10,11). The molecule has 1 aromatic heterocycles. The Morgan fingerprint density at radius 3 is 2.77 bits per heavy atom. The van der Waals surface area contributed by atoms with E-state index in [9.17, 15) is 4.79 Å². The van der Waals surface area contributed by atoms with Crippen LogP contribution < -0.4 is 0 Å². The van der Waals surface area contributed by atoms with E-state index in [1.54, 1.807) is 0 Å². The van der Waals surface area contributed by atoms with Crippen molar-refractivity contribution in [2.24, 2.45) is 0 Å². The van der Waals surface area contributed by atoms with Crippen molar-refractivity contribution in [3.8, 4) is 0 Å². The summed E-state index contributed by atoms with van der Waals surface area (Å²) in [6.45, 7) is 1.92. The highest BCUT2D eigenvalue weighted by atomic mass is 32.2. The number of thioether (sulfide) groups is 1. The van der Waals surface area contributed by atoms with Crippen LogP contribution in [0.5, 0.6) is 0 Å². The average Bonchev–Trinajstić information content (AvgIpc) is 2.52. The first kappa shape index (κ1) is 10.0. The Kier molecular flexibility index (Phi) is 3.75. The summed E-state index contributed by atoms with van der Waals surface area (Å²) < 4.78 is 5.18. The molecule has 6 heteroatoms. The molecular formula is C7H10N2O3S. The van der Waals surface area contributed by atoms with Crippen molar-refractivity contribution in [2.45, 2.75) is 19.1 Å². The van der Waals surface area contributed by atoms with Crippen molar-refractivity contribution < 1.29 is 14.3 Å². The number of aliphatic carboxylic acids is 1. The number of aryl methyl sites for hydroxylation is 1. The van der Waals surface area contributed by atoms with Crippen molar-refractivity contribution in [2.75, 3.05) is 5.75 Å². The minimum Gasteiger partial charge on any atom is -0.481 e. The maximum atomic E-state index is 10.2. The van der Waals surface area contributed by atoms with Gasteiger partial charge >= 0.3 is 5.97 Å². The summed E-state index contributed by atoms with van der Waals surface area (Å²) in [5.41, 5.74) is 0. The van der Waals surface area contributed by atoms with Crippen molar-refractivity contribution in [3.63, 3.8) is 0 Å². The van der Waals surface area contributed by atoms with Gasteiger partial charge in [0, 0.05) is 6.42 Å². The van der Waals surface area contributed by atoms with Gasteiger partial charge in [0.1, 0.15) is 0 Å². The van der Waals surface area contributed by atoms with Gasteiger partial charge in [-0.15, -0.1) is 22.0 Å². The van der Waals surface area contributed by atoms with Crippen molar-refractivity contribution >= 4 is 17.7 Å². The van der Waals surface area contributed by atoms with E-state index in [1.165, 1.54) is 11.8 Å². The van der Waals surface area contributed by atoms with Crippen LogP contribution in [0.1, 0.15) is 18.7 Å². The maximum Gasteiger partial charge on any atom is 0.313 e. The van der Waals surface area contributed by atoms with Crippen LogP contribution in [0.15, 0.2) is 4.42 Å². The lowest BCUT2D eigenvalue weighted by molar-refractivity contribution is -0.133. The molecule has 0 aliphatic rings. The molecule has 0 saturated carbocycles. The molecule has 1 heterocycles. The minimum absolute atomic E-state index is 0.0594. The van der Waals surface area contributed by atoms with E-state index in [4.69, 9.17) is 9.52 Å². The zero-order chi connectivity index (χ0) is 9.68. The number of carboxylic acid groups (broad SMARTS) is 1. The molecule has 13 heavy (non-hydrogen) atoms. The van der Waals surface area contributed by atoms with E-state index in [0.717, 1.165) is 0 Å². The number of carbonyl (C=O) groups is 1. The smallest absolute Gasteiger partial charge is 0.313 e. The highest BCUT2D eigenvalue weighted by Gasteiger charge is 2.05. The lowest BCUT2D eigenvalue weighted by atomic mass is 10.5. The Bertz CT molecular complexity index is 287. The second kappa shape index (κ2) is 4.86. The average molecular weight is 202 g/mol. The summed E-state index contributed by atoms with van der Waals surface area (Å²) in [6.07, 6.45) is 0.705. The third-order valence-electron chi connectivity index (χ3n) is 1.26. The number of nitrogens with zero attached hydrogens (tertiary/aromatic N) is 2. The van der Waals surface area contributed by atoms with Gasteiger partial charge in [0.2, 0.25) is 11.8 Å². The normalized spacial score (nSPS) is 10.2. The Hall–Kier alpha value is -1.04. The van der Waals surface area contributed by atoms with Crippen LogP contribution in [0.3, 0.4) is 0 Å². The third-order valence-corrected chi connectivity index (χ3v) is 2.16. The molecule has 0 bridgehead atoms. The molecule has 0 aromatic carbocycles. The Morgan fingerprint density at radius 2 is 2.23 bits per heavy atom. The second-order valence-electron chi connectivity index (χ2n) is 2.33. The first-order valence-electron chi connectivity index (χ1n) is 3.83. The van der Waals surface area contributed by atoms with Gasteiger partial charge in [-0.1, -0.05) is 6.92 Å². The SMILES string of the molecule is CCc1nnc(CSCC(=O)O)o1. The molecule has 5 nitrogen and oxygen atoms in total. The molecule has 0 fully saturated rings. The van der Waals surface area contributed by atoms with Gasteiger partial charge in [0.05, 0.1) is 11.5 Å². The highest BCUT2D eigenvalue weighted by Crippen LogP contribution is 2.10. The number of carboxylic acids is 1. The van der Waals surface area contributed by atoms with Crippen molar-refractivity contribution in [1.82, 2.24) is 10.2 Å². The first-order valence-corrected chi connectivity index (χ1v) is 4.98. The van der Waals surface area contributed by atoms with E-state index in [-0.39, 0.29) is 5.75 Å². The lowest BCUT2D eigenvalue weighted by Crippen LogP contribution is -1.98. The lowest BCUT2D eigenvalue weighted by Gasteiger charge is -1.91. The number of hydrogen-bond acceptors (Lipinski definition) is 5. The monoisotopic (exact) mass is 202 g/mol. The molecule has 0 aliphatic carbocycles. The van der Waals surface area contributed by atoms with E-state index in [2.05, 4.69) is 10.2 Å². The second-order valence-corrected chi connectivity index (χ2v) is 3.32. The quantitative estimate of drug-likeness (QED) is 0.766. The van der Waals surface area contributed by atoms with Gasteiger partial charge in [-0.2, -0.15) is 0 Å². The number of aromatic nitrogens is 2. The molecular weight excluding hydrogens is 192 g/mol.